The highest BCUT2D eigenvalue weighted by molar-refractivity contribution is 7.86. The van der Waals surface area contributed by atoms with Gasteiger partial charge in [-0.05, 0) is 12.8 Å². The standard InChI is InChI=1S/C19H27N5O2S/c1-21-15-18(19(20-21)17-7-3-2-4-8-17)16-22-11-13-24(14-12-22)27(25,26)23-9-5-6-10-23/h2-4,7-8,15H,5-6,9-14,16H2,1H3. The second-order valence-corrected chi connectivity index (χ2v) is 9.26. The second-order valence-electron chi connectivity index (χ2n) is 7.33. The van der Waals surface area contributed by atoms with E-state index in [1.54, 1.807) is 8.61 Å². The first-order chi connectivity index (χ1) is 13.0. The van der Waals surface area contributed by atoms with Crippen LogP contribution in [0.3, 0.4) is 0 Å². The average molecular weight is 390 g/mol. The van der Waals surface area contributed by atoms with E-state index in [2.05, 4.69) is 28.3 Å². The number of piperazine rings is 1. The van der Waals surface area contributed by atoms with Crippen LogP contribution in [-0.4, -0.2) is 71.0 Å². The predicted octanol–water partition coefficient (Wildman–Crippen LogP) is 1.55. The number of benzene rings is 1. The molecular weight excluding hydrogens is 362 g/mol. The lowest BCUT2D eigenvalue weighted by atomic mass is 10.1. The molecule has 0 aliphatic carbocycles. The Morgan fingerprint density at radius 1 is 0.926 bits per heavy atom. The van der Waals surface area contributed by atoms with Crippen LogP contribution >= 0.6 is 0 Å². The first kappa shape index (κ1) is 18.6. The van der Waals surface area contributed by atoms with E-state index >= 15 is 0 Å². The zero-order valence-electron chi connectivity index (χ0n) is 15.8. The Balaban J connectivity index is 1.42. The number of nitrogens with zero attached hydrogens (tertiary/aromatic N) is 5. The third-order valence-corrected chi connectivity index (χ3v) is 7.43. The number of hydrogen-bond acceptors (Lipinski definition) is 4. The zero-order valence-corrected chi connectivity index (χ0v) is 16.6. The second kappa shape index (κ2) is 7.71. The number of aromatic nitrogens is 2. The van der Waals surface area contributed by atoms with Crippen LogP contribution in [0.1, 0.15) is 18.4 Å². The highest BCUT2D eigenvalue weighted by Crippen LogP contribution is 2.24. The lowest BCUT2D eigenvalue weighted by Gasteiger charge is -2.35. The van der Waals surface area contributed by atoms with Gasteiger partial charge in [0.1, 0.15) is 0 Å². The molecule has 0 saturated carbocycles. The Bertz CT molecular complexity index is 867. The van der Waals surface area contributed by atoms with E-state index in [1.807, 2.05) is 29.9 Å². The molecule has 0 radical (unpaired) electrons. The Hall–Kier alpha value is -1.74. The molecule has 7 nitrogen and oxygen atoms in total. The summed E-state index contributed by atoms with van der Waals surface area (Å²) in [6.07, 6.45) is 4.01. The normalized spacial score (nSPS) is 20.3. The minimum Gasteiger partial charge on any atom is -0.296 e. The summed E-state index contributed by atoms with van der Waals surface area (Å²) in [7, 11) is -1.34. The molecule has 2 saturated heterocycles. The molecule has 1 aromatic carbocycles. The lowest BCUT2D eigenvalue weighted by Crippen LogP contribution is -2.52. The maximum Gasteiger partial charge on any atom is 0.282 e. The molecule has 3 heterocycles. The Labute approximate surface area is 161 Å². The third kappa shape index (κ3) is 3.94. The van der Waals surface area contributed by atoms with E-state index in [1.165, 1.54) is 5.56 Å². The molecule has 0 amide bonds. The number of aryl methyl sites for hydroxylation is 1. The van der Waals surface area contributed by atoms with Crippen LogP contribution in [0.5, 0.6) is 0 Å². The van der Waals surface area contributed by atoms with Crippen molar-refractivity contribution in [2.45, 2.75) is 19.4 Å². The van der Waals surface area contributed by atoms with Crippen molar-refractivity contribution in [3.8, 4) is 11.3 Å². The van der Waals surface area contributed by atoms with Crippen molar-refractivity contribution in [3.05, 3.63) is 42.1 Å². The third-order valence-electron chi connectivity index (χ3n) is 5.39. The first-order valence-corrected chi connectivity index (χ1v) is 11.0. The molecule has 2 aliphatic rings. The van der Waals surface area contributed by atoms with E-state index in [-0.39, 0.29) is 0 Å². The molecule has 0 unspecified atom stereocenters. The van der Waals surface area contributed by atoms with Gasteiger partial charge in [-0.3, -0.25) is 9.58 Å². The van der Waals surface area contributed by atoms with Crippen LogP contribution in [0, 0.1) is 0 Å². The summed E-state index contributed by atoms with van der Waals surface area (Å²) >= 11 is 0. The highest BCUT2D eigenvalue weighted by Gasteiger charge is 2.33. The largest absolute Gasteiger partial charge is 0.296 e. The fourth-order valence-electron chi connectivity index (χ4n) is 3.93. The molecule has 146 valence electrons. The molecule has 8 heteroatoms. The molecule has 0 bridgehead atoms. The molecule has 0 spiro atoms. The van der Waals surface area contributed by atoms with Crippen LogP contribution in [0.25, 0.3) is 11.3 Å². The van der Waals surface area contributed by atoms with Gasteiger partial charge in [0.25, 0.3) is 10.2 Å². The van der Waals surface area contributed by atoms with E-state index < -0.39 is 10.2 Å². The van der Waals surface area contributed by atoms with Gasteiger partial charge in [0.2, 0.25) is 0 Å². The van der Waals surface area contributed by atoms with Crippen molar-refractivity contribution in [2.24, 2.45) is 7.05 Å². The highest BCUT2D eigenvalue weighted by atomic mass is 32.2. The topological polar surface area (TPSA) is 61.7 Å². The minimum atomic E-state index is -3.28. The zero-order chi connectivity index (χ0) is 18.9. The van der Waals surface area contributed by atoms with Crippen LogP contribution in [-0.2, 0) is 23.8 Å². The fourth-order valence-corrected chi connectivity index (χ4v) is 5.60. The van der Waals surface area contributed by atoms with Gasteiger partial charge >= 0.3 is 0 Å². The molecule has 0 atom stereocenters. The maximum atomic E-state index is 12.7. The van der Waals surface area contributed by atoms with E-state index in [0.29, 0.717) is 26.2 Å². The molecule has 0 N–H and O–H groups in total. The van der Waals surface area contributed by atoms with Crippen LogP contribution in [0.15, 0.2) is 36.5 Å². The van der Waals surface area contributed by atoms with E-state index in [9.17, 15) is 8.42 Å². The molecule has 4 rings (SSSR count). The summed E-state index contributed by atoms with van der Waals surface area (Å²) in [6, 6.07) is 10.2. The fraction of sp³-hybridized carbons (Fsp3) is 0.526. The molecule has 1 aromatic heterocycles. The summed E-state index contributed by atoms with van der Waals surface area (Å²) in [5, 5.41) is 4.63. The Morgan fingerprint density at radius 3 is 2.22 bits per heavy atom. The van der Waals surface area contributed by atoms with Crippen molar-refractivity contribution in [1.82, 2.24) is 23.3 Å². The van der Waals surface area contributed by atoms with Gasteiger partial charge in [0.15, 0.2) is 0 Å². The maximum absolute atomic E-state index is 12.7. The lowest BCUT2D eigenvalue weighted by molar-refractivity contribution is 0.176. The van der Waals surface area contributed by atoms with Gasteiger partial charge in [-0.1, -0.05) is 30.3 Å². The van der Waals surface area contributed by atoms with Gasteiger partial charge in [-0.2, -0.15) is 22.1 Å². The van der Waals surface area contributed by atoms with Crippen molar-refractivity contribution in [1.29, 1.82) is 0 Å². The van der Waals surface area contributed by atoms with Crippen LogP contribution in [0.2, 0.25) is 0 Å². The summed E-state index contributed by atoms with van der Waals surface area (Å²) in [5.74, 6) is 0. The summed E-state index contributed by atoms with van der Waals surface area (Å²) in [6.45, 7) is 4.72. The van der Waals surface area contributed by atoms with Crippen LogP contribution in [0.4, 0.5) is 0 Å². The molecule has 27 heavy (non-hydrogen) atoms. The monoisotopic (exact) mass is 389 g/mol. The van der Waals surface area contributed by atoms with E-state index in [4.69, 9.17) is 0 Å². The smallest absolute Gasteiger partial charge is 0.282 e. The molecular formula is C19H27N5O2S. The summed E-state index contributed by atoms with van der Waals surface area (Å²) in [5.41, 5.74) is 3.30. The van der Waals surface area contributed by atoms with Gasteiger partial charge in [0.05, 0.1) is 5.69 Å². The predicted molar refractivity (Wildman–Crippen MR) is 105 cm³/mol. The Morgan fingerprint density at radius 2 is 1.56 bits per heavy atom. The molecule has 2 fully saturated rings. The SMILES string of the molecule is Cn1cc(CN2CCN(S(=O)(=O)N3CCCC3)CC2)c(-c2ccccc2)n1. The van der Waals surface area contributed by atoms with Crippen LogP contribution < -0.4 is 0 Å². The molecule has 2 aliphatic heterocycles. The molecule has 2 aromatic rings. The quantitative estimate of drug-likeness (QED) is 0.778. The minimum absolute atomic E-state index is 0.555. The summed E-state index contributed by atoms with van der Waals surface area (Å²) in [4.78, 5) is 2.32. The van der Waals surface area contributed by atoms with Crippen molar-refractivity contribution < 1.29 is 8.42 Å². The van der Waals surface area contributed by atoms with E-state index in [0.717, 1.165) is 43.7 Å². The first-order valence-electron chi connectivity index (χ1n) is 9.59. The Kier molecular flexibility index (Phi) is 5.32. The number of hydrogen-bond donors (Lipinski definition) is 0. The average Bonchev–Trinajstić information content (AvgIpc) is 3.33. The van der Waals surface area contributed by atoms with Gasteiger partial charge < -0.3 is 0 Å². The van der Waals surface area contributed by atoms with Gasteiger partial charge in [0, 0.05) is 70.2 Å². The summed E-state index contributed by atoms with van der Waals surface area (Å²) < 4.78 is 30.6. The van der Waals surface area contributed by atoms with Gasteiger partial charge in [-0.25, -0.2) is 0 Å². The van der Waals surface area contributed by atoms with Crippen molar-refractivity contribution in [3.63, 3.8) is 0 Å². The van der Waals surface area contributed by atoms with Crippen molar-refractivity contribution in [2.75, 3.05) is 39.3 Å². The number of rotatable bonds is 5. The van der Waals surface area contributed by atoms with Gasteiger partial charge in [-0.15, -0.1) is 0 Å². The van der Waals surface area contributed by atoms with Crippen molar-refractivity contribution >= 4 is 10.2 Å².